The summed E-state index contributed by atoms with van der Waals surface area (Å²) < 4.78 is 38.4. The zero-order valence-corrected chi connectivity index (χ0v) is 21.6. The van der Waals surface area contributed by atoms with E-state index in [1.165, 1.54) is 0 Å². The number of sulfonamides is 1. The van der Waals surface area contributed by atoms with Crippen LogP contribution < -0.4 is 14.8 Å². The molecule has 37 heavy (non-hydrogen) atoms. The van der Waals surface area contributed by atoms with Crippen LogP contribution in [0.1, 0.15) is 34.5 Å². The summed E-state index contributed by atoms with van der Waals surface area (Å²) in [5.74, 6) is 1.28. The Morgan fingerprint density at radius 3 is 2.27 bits per heavy atom. The van der Waals surface area contributed by atoms with E-state index < -0.39 is 10.0 Å². The number of hydrogen-bond donors (Lipinski definition) is 1. The summed E-state index contributed by atoms with van der Waals surface area (Å²) in [6.07, 6.45) is 0. The van der Waals surface area contributed by atoms with Crippen LogP contribution in [0.4, 0.5) is 0 Å². The summed E-state index contributed by atoms with van der Waals surface area (Å²) in [5.41, 5.74) is 2.62. The van der Waals surface area contributed by atoms with Gasteiger partial charge in [0.25, 0.3) is 5.91 Å². The summed E-state index contributed by atoms with van der Waals surface area (Å²) in [7, 11) is -3.46. The number of fused-ring (bicyclic) bond motifs is 1. The van der Waals surface area contributed by atoms with Gasteiger partial charge in [-0.25, -0.2) is 8.42 Å². The van der Waals surface area contributed by atoms with Crippen LogP contribution in [0.25, 0.3) is 0 Å². The van der Waals surface area contributed by atoms with E-state index in [1.807, 2.05) is 55.5 Å². The summed E-state index contributed by atoms with van der Waals surface area (Å²) >= 11 is 0. The second-order valence-corrected chi connectivity index (χ2v) is 11.2. The van der Waals surface area contributed by atoms with Gasteiger partial charge in [0.05, 0.1) is 10.9 Å². The van der Waals surface area contributed by atoms with Crippen LogP contribution in [0.5, 0.6) is 11.5 Å². The van der Waals surface area contributed by atoms with Gasteiger partial charge >= 0.3 is 0 Å². The van der Waals surface area contributed by atoms with Gasteiger partial charge in [-0.2, -0.15) is 4.31 Å². The second kappa shape index (κ2) is 10.9. The molecule has 2 aliphatic rings. The molecular formula is C28H31N3O5S. The van der Waals surface area contributed by atoms with E-state index in [2.05, 4.69) is 10.2 Å². The van der Waals surface area contributed by atoms with Gasteiger partial charge in [0.15, 0.2) is 11.5 Å². The van der Waals surface area contributed by atoms with Crippen molar-refractivity contribution in [1.82, 2.24) is 14.5 Å². The van der Waals surface area contributed by atoms with Gasteiger partial charge in [-0.05, 0) is 54.4 Å². The largest absolute Gasteiger partial charge is 0.486 e. The number of ether oxygens (including phenoxy) is 2. The molecule has 0 aromatic heterocycles. The second-order valence-electron chi connectivity index (χ2n) is 9.29. The van der Waals surface area contributed by atoms with Crippen LogP contribution in [0.3, 0.4) is 0 Å². The molecule has 0 aliphatic carbocycles. The fraction of sp³-hybridized carbons (Fsp3) is 0.321. The monoisotopic (exact) mass is 521 g/mol. The highest BCUT2D eigenvalue weighted by atomic mass is 32.2. The van der Waals surface area contributed by atoms with E-state index >= 15 is 0 Å². The Balaban J connectivity index is 1.13. The van der Waals surface area contributed by atoms with Gasteiger partial charge in [0, 0.05) is 38.3 Å². The van der Waals surface area contributed by atoms with Gasteiger partial charge in [-0.15, -0.1) is 0 Å². The minimum atomic E-state index is -3.46. The molecule has 5 rings (SSSR count). The molecule has 0 bridgehead atoms. The summed E-state index contributed by atoms with van der Waals surface area (Å²) in [6, 6.07) is 21.7. The number of hydrogen-bond acceptors (Lipinski definition) is 6. The lowest BCUT2D eigenvalue weighted by Crippen LogP contribution is -2.48. The molecule has 3 aromatic rings. The zero-order valence-electron chi connectivity index (χ0n) is 20.8. The summed E-state index contributed by atoms with van der Waals surface area (Å²) in [4.78, 5) is 15.4. The Hall–Kier alpha value is -3.40. The fourth-order valence-electron chi connectivity index (χ4n) is 4.58. The van der Waals surface area contributed by atoms with E-state index in [-0.39, 0.29) is 11.9 Å². The molecule has 2 aliphatic heterocycles. The quantitative estimate of drug-likeness (QED) is 0.513. The van der Waals surface area contributed by atoms with Crippen molar-refractivity contribution in [2.24, 2.45) is 0 Å². The van der Waals surface area contributed by atoms with Crippen molar-refractivity contribution in [2.45, 2.75) is 24.4 Å². The van der Waals surface area contributed by atoms with Crippen molar-refractivity contribution in [2.75, 3.05) is 39.4 Å². The van der Waals surface area contributed by atoms with Crippen molar-refractivity contribution in [3.8, 4) is 11.5 Å². The normalized spacial score (nSPS) is 17.2. The molecule has 1 fully saturated rings. The Bertz CT molecular complexity index is 1340. The highest BCUT2D eigenvalue weighted by Gasteiger charge is 2.28. The number of carbonyl (C=O) groups is 1. The Morgan fingerprint density at radius 1 is 0.892 bits per heavy atom. The molecule has 0 unspecified atom stereocenters. The third-order valence-electron chi connectivity index (χ3n) is 6.75. The molecule has 1 N–H and O–H groups in total. The maximum Gasteiger partial charge on any atom is 0.251 e. The lowest BCUT2D eigenvalue weighted by molar-refractivity contribution is 0.0939. The van der Waals surface area contributed by atoms with E-state index in [9.17, 15) is 13.2 Å². The van der Waals surface area contributed by atoms with Gasteiger partial charge < -0.3 is 14.8 Å². The predicted octanol–water partition coefficient (Wildman–Crippen LogP) is 3.46. The molecule has 1 atom stereocenters. The van der Waals surface area contributed by atoms with Crippen LogP contribution in [-0.2, 0) is 16.6 Å². The molecular weight excluding hydrogens is 490 g/mol. The Kier molecular flexibility index (Phi) is 7.45. The van der Waals surface area contributed by atoms with Crippen molar-refractivity contribution in [3.63, 3.8) is 0 Å². The molecule has 0 spiro atoms. The number of piperazine rings is 1. The standard InChI is InChI=1S/C28H31N3O5S/c1-21(24-11-12-26-27(19-24)36-18-17-35-26)29-28(32)23-9-7-22(8-10-23)20-30-13-15-31(16-14-30)37(33,34)25-5-3-2-4-6-25/h2-12,19,21H,13-18,20H2,1H3,(H,29,32)/t21-/m0/s1. The van der Waals surface area contributed by atoms with Gasteiger partial charge in [0.2, 0.25) is 10.0 Å². The molecule has 3 aromatic carbocycles. The van der Waals surface area contributed by atoms with Crippen LogP contribution >= 0.6 is 0 Å². The number of carbonyl (C=O) groups excluding carboxylic acids is 1. The predicted molar refractivity (Wildman–Crippen MR) is 140 cm³/mol. The maximum absolute atomic E-state index is 12.8. The first-order chi connectivity index (χ1) is 17.9. The molecule has 0 radical (unpaired) electrons. The molecule has 1 saturated heterocycles. The first-order valence-corrected chi connectivity index (χ1v) is 13.9. The van der Waals surface area contributed by atoms with E-state index in [0.717, 1.165) is 16.9 Å². The molecule has 0 saturated carbocycles. The highest BCUT2D eigenvalue weighted by Crippen LogP contribution is 2.32. The van der Waals surface area contributed by atoms with E-state index in [0.29, 0.717) is 62.1 Å². The lowest BCUT2D eigenvalue weighted by Gasteiger charge is -2.34. The fourth-order valence-corrected chi connectivity index (χ4v) is 6.03. The van der Waals surface area contributed by atoms with Crippen molar-refractivity contribution in [1.29, 1.82) is 0 Å². The number of rotatable bonds is 7. The molecule has 194 valence electrons. The summed E-state index contributed by atoms with van der Waals surface area (Å²) in [6.45, 7) is 5.92. The first kappa shape index (κ1) is 25.3. The maximum atomic E-state index is 12.8. The highest BCUT2D eigenvalue weighted by molar-refractivity contribution is 7.89. The van der Waals surface area contributed by atoms with Crippen molar-refractivity contribution >= 4 is 15.9 Å². The average molecular weight is 522 g/mol. The number of nitrogens with one attached hydrogen (secondary N) is 1. The zero-order chi connectivity index (χ0) is 25.8. The minimum Gasteiger partial charge on any atom is -0.486 e. The lowest BCUT2D eigenvalue weighted by atomic mass is 10.1. The summed E-state index contributed by atoms with van der Waals surface area (Å²) in [5, 5.41) is 3.04. The van der Waals surface area contributed by atoms with Crippen LogP contribution in [0.15, 0.2) is 77.7 Å². The van der Waals surface area contributed by atoms with Crippen LogP contribution in [0, 0.1) is 0 Å². The van der Waals surface area contributed by atoms with Gasteiger partial charge in [-0.1, -0.05) is 36.4 Å². The number of benzene rings is 3. The smallest absolute Gasteiger partial charge is 0.251 e. The number of amides is 1. The Labute approximate surface area is 217 Å². The van der Waals surface area contributed by atoms with Gasteiger partial charge in [-0.3, -0.25) is 9.69 Å². The van der Waals surface area contributed by atoms with Crippen molar-refractivity contribution < 1.29 is 22.7 Å². The first-order valence-electron chi connectivity index (χ1n) is 12.5. The van der Waals surface area contributed by atoms with E-state index in [4.69, 9.17) is 9.47 Å². The average Bonchev–Trinajstić information content (AvgIpc) is 2.94. The van der Waals surface area contributed by atoms with E-state index in [1.54, 1.807) is 28.6 Å². The Morgan fingerprint density at radius 2 is 1.57 bits per heavy atom. The molecule has 1 amide bonds. The van der Waals surface area contributed by atoms with Crippen LogP contribution in [0.2, 0.25) is 0 Å². The third-order valence-corrected chi connectivity index (χ3v) is 8.66. The topological polar surface area (TPSA) is 88.2 Å². The SMILES string of the molecule is C[C@H](NC(=O)c1ccc(CN2CCN(S(=O)(=O)c3ccccc3)CC2)cc1)c1ccc2c(c1)OCCO2. The molecule has 2 heterocycles. The number of nitrogens with zero attached hydrogens (tertiary/aromatic N) is 2. The molecule has 9 heteroatoms. The van der Waals surface area contributed by atoms with Crippen molar-refractivity contribution in [3.05, 3.63) is 89.5 Å². The third kappa shape index (κ3) is 5.79. The molecule has 8 nitrogen and oxygen atoms in total. The van der Waals surface area contributed by atoms with Gasteiger partial charge in [0.1, 0.15) is 13.2 Å². The van der Waals surface area contributed by atoms with Crippen LogP contribution in [-0.4, -0.2) is 62.9 Å². The minimum absolute atomic E-state index is 0.145.